The molecule has 1 N–H and O–H groups in total. The van der Waals surface area contributed by atoms with Gasteiger partial charge < -0.3 is 10.0 Å². The van der Waals surface area contributed by atoms with Gasteiger partial charge in [0.2, 0.25) is 0 Å². The van der Waals surface area contributed by atoms with Crippen LogP contribution in [0.1, 0.15) is 24.5 Å². The molecule has 1 heterocycles. The molecule has 0 aliphatic heterocycles. The lowest BCUT2D eigenvalue weighted by molar-refractivity contribution is -0.131. The third kappa shape index (κ3) is 3.90. The highest BCUT2D eigenvalue weighted by molar-refractivity contribution is 5.85. The Hall–Kier alpha value is -1.84. The minimum Gasteiger partial charge on any atom is -0.478 e. The summed E-state index contributed by atoms with van der Waals surface area (Å²) in [6.07, 6.45) is 5.42. The SMILES string of the molecule is CCCN(C)c1ncc(/C=C/C(=O)O)cc1C. The largest absolute Gasteiger partial charge is 0.478 e. The van der Waals surface area contributed by atoms with E-state index in [1.807, 2.05) is 20.0 Å². The highest BCUT2D eigenvalue weighted by Crippen LogP contribution is 2.17. The Labute approximate surface area is 102 Å². The van der Waals surface area contributed by atoms with Gasteiger partial charge >= 0.3 is 5.97 Å². The van der Waals surface area contributed by atoms with Gasteiger partial charge in [0.25, 0.3) is 0 Å². The third-order valence-electron chi connectivity index (χ3n) is 2.41. The van der Waals surface area contributed by atoms with Gasteiger partial charge in [-0.25, -0.2) is 9.78 Å². The molecule has 1 aromatic rings. The number of carboxylic acid groups (broad SMARTS) is 1. The Kier molecular flexibility index (Phi) is 4.69. The van der Waals surface area contributed by atoms with E-state index in [0.717, 1.165) is 36.0 Å². The second kappa shape index (κ2) is 6.03. The molecule has 0 radical (unpaired) electrons. The van der Waals surface area contributed by atoms with E-state index >= 15 is 0 Å². The molecule has 0 saturated carbocycles. The van der Waals surface area contributed by atoms with E-state index in [1.54, 1.807) is 12.3 Å². The fourth-order valence-corrected chi connectivity index (χ4v) is 1.69. The lowest BCUT2D eigenvalue weighted by Gasteiger charge is -2.19. The molecule has 1 aromatic heterocycles. The van der Waals surface area contributed by atoms with E-state index in [4.69, 9.17) is 5.11 Å². The van der Waals surface area contributed by atoms with E-state index in [1.165, 1.54) is 0 Å². The van der Waals surface area contributed by atoms with Crippen LogP contribution >= 0.6 is 0 Å². The number of carboxylic acids is 1. The Balaban J connectivity index is 2.89. The zero-order valence-electron chi connectivity index (χ0n) is 10.5. The van der Waals surface area contributed by atoms with Crippen LogP contribution in [0.15, 0.2) is 18.3 Å². The first-order valence-electron chi connectivity index (χ1n) is 5.63. The lowest BCUT2D eigenvalue weighted by Crippen LogP contribution is -2.20. The number of hydrogen-bond donors (Lipinski definition) is 1. The average molecular weight is 234 g/mol. The summed E-state index contributed by atoms with van der Waals surface area (Å²) >= 11 is 0. The second-order valence-corrected chi connectivity index (χ2v) is 4.00. The van der Waals surface area contributed by atoms with Crippen LogP contribution in [-0.4, -0.2) is 29.7 Å². The average Bonchev–Trinajstić information content (AvgIpc) is 2.26. The molecule has 0 aromatic carbocycles. The molecular weight excluding hydrogens is 216 g/mol. The van der Waals surface area contributed by atoms with Crippen LogP contribution in [0.25, 0.3) is 6.08 Å². The van der Waals surface area contributed by atoms with E-state index in [2.05, 4.69) is 16.8 Å². The van der Waals surface area contributed by atoms with E-state index in [9.17, 15) is 4.79 Å². The van der Waals surface area contributed by atoms with Crippen molar-refractivity contribution in [2.24, 2.45) is 0 Å². The summed E-state index contributed by atoms with van der Waals surface area (Å²) < 4.78 is 0. The first kappa shape index (κ1) is 13.2. The Morgan fingerprint density at radius 3 is 2.82 bits per heavy atom. The van der Waals surface area contributed by atoms with Crippen LogP contribution < -0.4 is 4.90 Å². The lowest BCUT2D eigenvalue weighted by atomic mass is 10.2. The zero-order valence-corrected chi connectivity index (χ0v) is 10.5. The van der Waals surface area contributed by atoms with Crippen LogP contribution in [0, 0.1) is 6.92 Å². The Bertz CT molecular complexity index is 427. The van der Waals surface area contributed by atoms with Crippen LogP contribution in [0.3, 0.4) is 0 Å². The van der Waals surface area contributed by atoms with E-state index in [-0.39, 0.29) is 0 Å². The molecule has 0 spiro atoms. The van der Waals surface area contributed by atoms with E-state index < -0.39 is 5.97 Å². The molecule has 0 amide bonds. The highest BCUT2D eigenvalue weighted by atomic mass is 16.4. The molecular formula is C13H18N2O2. The number of anilines is 1. The first-order valence-corrected chi connectivity index (χ1v) is 5.63. The number of nitrogens with zero attached hydrogens (tertiary/aromatic N) is 2. The summed E-state index contributed by atoms with van der Waals surface area (Å²) in [4.78, 5) is 16.9. The molecule has 0 aliphatic carbocycles. The van der Waals surface area contributed by atoms with Crippen molar-refractivity contribution in [1.29, 1.82) is 0 Å². The predicted octanol–water partition coefficient (Wildman–Crippen LogP) is 2.33. The van der Waals surface area contributed by atoms with Gasteiger partial charge in [-0.1, -0.05) is 6.92 Å². The summed E-state index contributed by atoms with van der Waals surface area (Å²) in [7, 11) is 2.01. The third-order valence-corrected chi connectivity index (χ3v) is 2.41. The maximum atomic E-state index is 10.4. The summed E-state index contributed by atoms with van der Waals surface area (Å²) in [6.45, 7) is 5.06. The molecule has 4 heteroatoms. The van der Waals surface area contributed by atoms with Crippen molar-refractivity contribution in [1.82, 2.24) is 4.98 Å². The molecule has 17 heavy (non-hydrogen) atoms. The molecule has 0 atom stereocenters. The molecule has 0 saturated heterocycles. The fraction of sp³-hybridized carbons (Fsp3) is 0.385. The number of carbonyl (C=O) groups is 1. The number of aryl methyl sites for hydroxylation is 1. The minimum atomic E-state index is -0.949. The summed E-state index contributed by atoms with van der Waals surface area (Å²) in [5.41, 5.74) is 1.85. The topological polar surface area (TPSA) is 53.4 Å². The first-order chi connectivity index (χ1) is 8.04. The van der Waals surface area contributed by atoms with Gasteiger partial charge in [-0.2, -0.15) is 0 Å². The van der Waals surface area contributed by atoms with E-state index in [0.29, 0.717) is 0 Å². The number of hydrogen-bond acceptors (Lipinski definition) is 3. The van der Waals surface area contributed by atoms with Crippen molar-refractivity contribution in [2.75, 3.05) is 18.5 Å². The molecule has 0 unspecified atom stereocenters. The van der Waals surface area contributed by atoms with Crippen LogP contribution in [0.5, 0.6) is 0 Å². The van der Waals surface area contributed by atoms with Gasteiger partial charge in [-0.15, -0.1) is 0 Å². The fourth-order valence-electron chi connectivity index (χ4n) is 1.69. The monoisotopic (exact) mass is 234 g/mol. The maximum absolute atomic E-state index is 10.4. The molecule has 0 fully saturated rings. The molecule has 1 rings (SSSR count). The van der Waals surface area contributed by atoms with Crippen LogP contribution in [0.2, 0.25) is 0 Å². The molecule has 0 aliphatic rings. The van der Waals surface area contributed by atoms with Crippen molar-refractivity contribution in [3.05, 3.63) is 29.5 Å². The molecule has 0 bridgehead atoms. The van der Waals surface area contributed by atoms with Crippen molar-refractivity contribution in [3.63, 3.8) is 0 Å². The Morgan fingerprint density at radius 1 is 1.59 bits per heavy atom. The van der Waals surface area contributed by atoms with Gasteiger partial charge in [0, 0.05) is 25.9 Å². The predicted molar refractivity (Wildman–Crippen MR) is 69.2 cm³/mol. The molecule has 92 valence electrons. The number of rotatable bonds is 5. The highest BCUT2D eigenvalue weighted by Gasteiger charge is 2.05. The quantitative estimate of drug-likeness (QED) is 0.794. The molecule has 4 nitrogen and oxygen atoms in total. The van der Waals surface area contributed by atoms with Crippen LogP contribution in [-0.2, 0) is 4.79 Å². The van der Waals surface area contributed by atoms with Crippen molar-refractivity contribution >= 4 is 17.9 Å². The van der Waals surface area contributed by atoms with Gasteiger partial charge in [0.05, 0.1) is 0 Å². The number of aliphatic carboxylic acids is 1. The van der Waals surface area contributed by atoms with Crippen molar-refractivity contribution in [3.8, 4) is 0 Å². The Morgan fingerprint density at radius 2 is 2.29 bits per heavy atom. The number of pyridine rings is 1. The van der Waals surface area contributed by atoms with Gasteiger partial charge in [0.15, 0.2) is 0 Å². The maximum Gasteiger partial charge on any atom is 0.328 e. The zero-order chi connectivity index (χ0) is 12.8. The van der Waals surface area contributed by atoms with Crippen LogP contribution in [0.4, 0.5) is 5.82 Å². The summed E-state index contributed by atoms with van der Waals surface area (Å²) in [5.74, 6) is -0.00541. The van der Waals surface area contributed by atoms with Gasteiger partial charge in [-0.3, -0.25) is 0 Å². The summed E-state index contributed by atoms with van der Waals surface area (Å²) in [5, 5.41) is 8.54. The van der Waals surface area contributed by atoms with Gasteiger partial charge in [-0.05, 0) is 36.6 Å². The standard InChI is InChI=1S/C13H18N2O2/c1-4-7-15(3)13-10(2)8-11(9-14-13)5-6-12(16)17/h5-6,8-9H,4,7H2,1-3H3,(H,16,17)/b6-5+. The minimum absolute atomic E-state index is 0.804. The summed E-state index contributed by atoms with van der Waals surface area (Å²) in [6, 6.07) is 1.94. The number of aromatic nitrogens is 1. The smallest absolute Gasteiger partial charge is 0.328 e. The van der Waals surface area contributed by atoms with Crippen molar-refractivity contribution in [2.45, 2.75) is 20.3 Å². The second-order valence-electron chi connectivity index (χ2n) is 4.00. The van der Waals surface area contributed by atoms with Crippen molar-refractivity contribution < 1.29 is 9.90 Å². The normalized spacial score (nSPS) is 10.8. The van der Waals surface area contributed by atoms with Gasteiger partial charge in [0.1, 0.15) is 5.82 Å².